The zero-order chi connectivity index (χ0) is 17.4. The Labute approximate surface area is 147 Å². The van der Waals surface area contributed by atoms with Crippen molar-refractivity contribution in [1.29, 1.82) is 0 Å². The van der Waals surface area contributed by atoms with E-state index >= 15 is 0 Å². The number of benzene rings is 1. The fraction of sp³-hybridized carbons (Fsp3) is 0.125. The lowest BCUT2D eigenvalue weighted by molar-refractivity contribution is -0.384. The quantitative estimate of drug-likeness (QED) is 0.356. The van der Waals surface area contributed by atoms with Crippen LogP contribution in [0.25, 0.3) is 17.4 Å². The van der Waals surface area contributed by atoms with E-state index in [0.717, 1.165) is 5.56 Å². The average Bonchev–Trinajstić information content (AvgIpc) is 3.09. The SMILES string of the molecule is Cc1ccc([N+](=O)[O-])cc1-c1ccc(/C=C2/SC(=S)N(C)C2=O)o1. The summed E-state index contributed by atoms with van der Waals surface area (Å²) in [6, 6.07) is 8.05. The first-order valence-electron chi connectivity index (χ1n) is 6.93. The van der Waals surface area contributed by atoms with Crippen molar-refractivity contribution in [2.75, 3.05) is 7.05 Å². The summed E-state index contributed by atoms with van der Waals surface area (Å²) in [5.41, 5.74) is 1.51. The lowest BCUT2D eigenvalue weighted by atomic mass is 10.1. The topological polar surface area (TPSA) is 76.6 Å². The van der Waals surface area contributed by atoms with Crippen LogP contribution in [0.5, 0.6) is 0 Å². The molecule has 0 aliphatic carbocycles. The molecule has 2 heterocycles. The number of thioether (sulfide) groups is 1. The Morgan fingerprint density at radius 3 is 2.71 bits per heavy atom. The molecule has 1 fully saturated rings. The summed E-state index contributed by atoms with van der Waals surface area (Å²) in [5.74, 6) is 0.828. The van der Waals surface area contributed by atoms with Crippen LogP contribution in [0.3, 0.4) is 0 Å². The number of hydrogen-bond acceptors (Lipinski definition) is 6. The van der Waals surface area contributed by atoms with Crippen LogP contribution in [0.2, 0.25) is 0 Å². The number of aryl methyl sites for hydroxylation is 1. The monoisotopic (exact) mass is 360 g/mol. The fourth-order valence-corrected chi connectivity index (χ4v) is 3.40. The van der Waals surface area contributed by atoms with E-state index in [-0.39, 0.29) is 11.6 Å². The van der Waals surface area contributed by atoms with Gasteiger partial charge < -0.3 is 4.42 Å². The molecule has 8 heteroatoms. The molecule has 1 aliphatic rings. The van der Waals surface area contributed by atoms with Crippen molar-refractivity contribution in [1.82, 2.24) is 4.90 Å². The molecule has 0 unspecified atom stereocenters. The maximum absolute atomic E-state index is 12.0. The lowest BCUT2D eigenvalue weighted by Crippen LogP contribution is -2.22. The molecule has 1 aliphatic heterocycles. The highest BCUT2D eigenvalue weighted by Gasteiger charge is 2.29. The van der Waals surface area contributed by atoms with Gasteiger partial charge in [-0.2, -0.15) is 0 Å². The van der Waals surface area contributed by atoms with Gasteiger partial charge in [0, 0.05) is 30.8 Å². The molecule has 1 aromatic carbocycles. The van der Waals surface area contributed by atoms with Gasteiger partial charge in [-0.3, -0.25) is 19.8 Å². The number of carbonyl (C=O) groups excluding carboxylic acids is 1. The number of amides is 1. The number of rotatable bonds is 3. The zero-order valence-corrected chi connectivity index (χ0v) is 14.4. The second-order valence-corrected chi connectivity index (χ2v) is 6.87. The van der Waals surface area contributed by atoms with Crippen molar-refractivity contribution in [3.8, 4) is 11.3 Å². The van der Waals surface area contributed by atoms with Crippen molar-refractivity contribution in [3.05, 3.63) is 56.7 Å². The third kappa shape index (κ3) is 2.98. The number of hydrogen-bond donors (Lipinski definition) is 0. The molecule has 0 saturated carbocycles. The lowest BCUT2D eigenvalue weighted by Gasteiger charge is -2.03. The minimum Gasteiger partial charge on any atom is -0.457 e. The van der Waals surface area contributed by atoms with Crippen LogP contribution in [0, 0.1) is 17.0 Å². The molecule has 0 spiro atoms. The molecule has 6 nitrogen and oxygen atoms in total. The molecule has 1 amide bonds. The van der Waals surface area contributed by atoms with Crippen LogP contribution in [-0.2, 0) is 4.79 Å². The van der Waals surface area contributed by atoms with Crippen molar-refractivity contribution in [3.63, 3.8) is 0 Å². The molecule has 1 saturated heterocycles. The average molecular weight is 360 g/mol. The van der Waals surface area contributed by atoms with Crippen molar-refractivity contribution >= 4 is 46.0 Å². The highest BCUT2D eigenvalue weighted by atomic mass is 32.2. The first kappa shape index (κ1) is 16.4. The Kier molecular flexibility index (Phi) is 4.25. The number of likely N-dealkylation sites (N-methyl/N-ethyl adjacent to an activating group) is 1. The van der Waals surface area contributed by atoms with E-state index in [0.29, 0.717) is 26.3 Å². The molecule has 0 atom stereocenters. The molecule has 122 valence electrons. The number of non-ortho nitro benzene ring substituents is 1. The molecule has 24 heavy (non-hydrogen) atoms. The first-order valence-corrected chi connectivity index (χ1v) is 8.16. The third-order valence-electron chi connectivity index (χ3n) is 3.58. The number of carbonyl (C=O) groups is 1. The summed E-state index contributed by atoms with van der Waals surface area (Å²) in [7, 11) is 1.62. The van der Waals surface area contributed by atoms with Gasteiger partial charge in [-0.25, -0.2) is 0 Å². The van der Waals surface area contributed by atoms with E-state index in [9.17, 15) is 14.9 Å². The highest BCUT2D eigenvalue weighted by Crippen LogP contribution is 2.33. The van der Waals surface area contributed by atoms with Gasteiger partial charge in [0.25, 0.3) is 11.6 Å². The molecule has 3 rings (SSSR count). The summed E-state index contributed by atoms with van der Waals surface area (Å²) in [4.78, 5) is 24.4. The van der Waals surface area contributed by atoms with Crippen LogP contribution in [0.4, 0.5) is 5.69 Å². The molecule has 0 bridgehead atoms. The first-order chi connectivity index (χ1) is 11.4. The van der Waals surface area contributed by atoms with Crippen molar-refractivity contribution < 1.29 is 14.1 Å². The summed E-state index contributed by atoms with van der Waals surface area (Å²) in [6.07, 6.45) is 1.62. The Morgan fingerprint density at radius 2 is 2.08 bits per heavy atom. The van der Waals surface area contributed by atoms with Crippen molar-refractivity contribution in [2.45, 2.75) is 6.92 Å². The second-order valence-electron chi connectivity index (χ2n) is 5.20. The van der Waals surface area contributed by atoms with Crippen LogP contribution < -0.4 is 0 Å². The van der Waals surface area contributed by atoms with Crippen molar-refractivity contribution in [2.24, 2.45) is 0 Å². The minimum absolute atomic E-state index is 0.000374. The number of nitrogens with zero attached hydrogens (tertiary/aromatic N) is 2. The molecule has 0 N–H and O–H groups in total. The highest BCUT2D eigenvalue weighted by molar-refractivity contribution is 8.26. The summed E-state index contributed by atoms with van der Waals surface area (Å²) < 4.78 is 6.23. The van der Waals surface area contributed by atoms with E-state index in [1.165, 1.54) is 28.8 Å². The zero-order valence-electron chi connectivity index (χ0n) is 12.8. The molecular formula is C16H12N2O4S2. The Balaban J connectivity index is 1.95. The third-order valence-corrected chi connectivity index (χ3v) is 5.07. The molecule has 2 aromatic rings. The normalized spacial score (nSPS) is 16.2. The van der Waals surface area contributed by atoms with Crippen LogP contribution in [-0.4, -0.2) is 27.1 Å². The fourth-order valence-electron chi connectivity index (χ4n) is 2.24. The van der Waals surface area contributed by atoms with Gasteiger partial charge in [-0.05, 0) is 24.6 Å². The maximum atomic E-state index is 12.0. The summed E-state index contributed by atoms with van der Waals surface area (Å²) >= 11 is 6.29. The summed E-state index contributed by atoms with van der Waals surface area (Å²) in [5, 5.41) is 10.9. The van der Waals surface area contributed by atoms with E-state index in [4.69, 9.17) is 16.6 Å². The maximum Gasteiger partial charge on any atom is 0.270 e. The molecule has 0 radical (unpaired) electrons. The number of nitro benzene ring substituents is 1. The van der Waals surface area contributed by atoms with E-state index < -0.39 is 4.92 Å². The Bertz CT molecular complexity index is 901. The van der Waals surface area contributed by atoms with Crippen LogP contribution in [0.15, 0.2) is 39.7 Å². The number of thiocarbonyl (C=S) groups is 1. The largest absolute Gasteiger partial charge is 0.457 e. The van der Waals surface area contributed by atoms with Gasteiger partial charge in [0.15, 0.2) is 0 Å². The van der Waals surface area contributed by atoms with Gasteiger partial charge in [0.05, 0.1) is 9.83 Å². The summed E-state index contributed by atoms with van der Waals surface area (Å²) in [6.45, 7) is 1.85. The van der Waals surface area contributed by atoms with Crippen LogP contribution in [0.1, 0.15) is 11.3 Å². The van der Waals surface area contributed by atoms with E-state index in [1.54, 1.807) is 31.3 Å². The predicted octanol–water partition coefficient (Wildman–Crippen LogP) is 3.99. The van der Waals surface area contributed by atoms with Gasteiger partial charge in [0.1, 0.15) is 15.8 Å². The second kappa shape index (κ2) is 6.21. The Hall–Kier alpha value is -2.45. The number of nitro groups is 1. The van der Waals surface area contributed by atoms with Gasteiger partial charge in [-0.15, -0.1) is 0 Å². The molecular weight excluding hydrogens is 348 g/mol. The minimum atomic E-state index is -0.445. The van der Waals surface area contributed by atoms with Crippen LogP contribution >= 0.6 is 24.0 Å². The molecule has 1 aromatic heterocycles. The van der Waals surface area contributed by atoms with Gasteiger partial charge in [-0.1, -0.05) is 30.0 Å². The predicted molar refractivity (Wildman–Crippen MR) is 96.5 cm³/mol. The van der Waals surface area contributed by atoms with Gasteiger partial charge >= 0.3 is 0 Å². The number of furan rings is 1. The smallest absolute Gasteiger partial charge is 0.270 e. The standard InChI is InChI=1S/C16H12N2O4S2/c1-9-3-4-10(18(20)21)7-12(9)13-6-5-11(22-13)8-14-15(19)17(2)16(23)24-14/h3-8H,1-2H3/b14-8+. The van der Waals surface area contributed by atoms with Gasteiger partial charge in [0.2, 0.25) is 0 Å². The van der Waals surface area contributed by atoms with E-state index in [2.05, 4.69) is 0 Å². The Morgan fingerprint density at radius 1 is 1.33 bits per heavy atom. The van der Waals surface area contributed by atoms with E-state index in [1.807, 2.05) is 6.92 Å².